The molecule has 0 spiro atoms. The molecule has 11 heavy (non-hydrogen) atoms. The highest BCUT2D eigenvalue weighted by molar-refractivity contribution is 5.74. The van der Waals surface area contributed by atoms with Crippen LogP contribution in [0.1, 0.15) is 6.42 Å². The van der Waals surface area contributed by atoms with Crippen LogP contribution in [-0.2, 0) is 0 Å². The van der Waals surface area contributed by atoms with Gasteiger partial charge < -0.3 is 5.73 Å². The molecule has 0 aromatic heterocycles. The standard InChI is InChI=1S/C9H10N2/c10-8-3-4-9-7(6-8)2-1-5-11-9/h1-5,7H,6,10H2. The predicted molar refractivity (Wildman–Crippen MR) is 46.1 cm³/mol. The van der Waals surface area contributed by atoms with Crippen molar-refractivity contribution in [2.45, 2.75) is 6.42 Å². The lowest BCUT2D eigenvalue weighted by molar-refractivity contribution is 0.715. The first-order chi connectivity index (χ1) is 5.36. The number of hydrogen-bond acceptors (Lipinski definition) is 2. The van der Waals surface area contributed by atoms with Crippen LogP contribution in [0.4, 0.5) is 0 Å². The second kappa shape index (κ2) is 2.38. The lowest BCUT2D eigenvalue weighted by atomic mass is 9.93. The normalized spacial score (nSPS) is 27.5. The van der Waals surface area contributed by atoms with E-state index in [1.807, 2.05) is 24.4 Å². The second-order valence-corrected chi connectivity index (χ2v) is 2.81. The first-order valence-corrected chi connectivity index (χ1v) is 3.73. The molecule has 0 saturated carbocycles. The van der Waals surface area contributed by atoms with E-state index in [4.69, 9.17) is 5.73 Å². The molecule has 1 heterocycles. The lowest BCUT2D eigenvalue weighted by Gasteiger charge is -2.18. The van der Waals surface area contributed by atoms with Gasteiger partial charge in [-0.15, -0.1) is 0 Å². The van der Waals surface area contributed by atoms with Gasteiger partial charge >= 0.3 is 0 Å². The number of allylic oxidation sites excluding steroid dienone is 5. The summed E-state index contributed by atoms with van der Waals surface area (Å²) in [6.45, 7) is 0. The molecule has 2 aliphatic rings. The molecule has 1 atom stereocenters. The van der Waals surface area contributed by atoms with Crippen molar-refractivity contribution in [2.24, 2.45) is 16.6 Å². The maximum Gasteiger partial charge on any atom is 0.0476 e. The van der Waals surface area contributed by atoms with Gasteiger partial charge in [0.25, 0.3) is 0 Å². The van der Waals surface area contributed by atoms with Gasteiger partial charge in [0, 0.05) is 23.5 Å². The summed E-state index contributed by atoms with van der Waals surface area (Å²) in [6.07, 6.45) is 10.8. The maximum atomic E-state index is 5.67. The summed E-state index contributed by atoms with van der Waals surface area (Å²) in [5, 5.41) is 0. The van der Waals surface area contributed by atoms with Crippen molar-refractivity contribution in [3.63, 3.8) is 0 Å². The van der Waals surface area contributed by atoms with E-state index in [0.717, 1.165) is 17.8 Å². The Balaban J connectivity index is 2.33. The molecule has 0 bridgehead atoms. The van der Waals surface area contributed by atoms with Crippen LogP contribution in [0, 0.1) is 5.92 Å². The summed E-state index contributed by atoms with van der Waals surface area (Å²) >= 11 is 0. The zero-order valence-corrected chi connectivity index (χ0v) is 6.20. The molecular formula is C9H10N2. The third kappa shape index (κ3) is 1.11. The van der Waals surface area contributed by atoms with Gasteiger partial charge in [0.2, 0.25) is 0 Å². The quantitative estimate of drug-likeness (QED) is 0.550. The Morgan fingerprint density at radius 3 is 3.27 bits per heavy atom. The van der Waals surface area contributed by atoms with Gasteiger partial charge in [-0.1, -0.05) is 6.08 Å². The predicted octanol–water partition coefficient (Wildman–Crippen LogP) is 1.37. The molecule has 0 fully saturated rings. The summed E-state index contributed by atoms with van der Waals surface area (Å²) < 4.78 is 0. The first-order valence-electron chi connectivity index (χ1n) is 3.73. The van der Waals surface area contributed by atoms with E-state index >= 15 is 0 Å². The van der Waals surface area contributed by atoms with Crippen molar-refractivity contribution in [3.8, 4) is 0 Å². The first kappa shape index (κ1) is 6.40. The van der Waals surface area contributed by atoms with E-state index in [1.54, 1.807) is 0 Å². The topological polar surface area (TPSA) is 38.4 Å². The van der Waals surface area contributed by atoms with Gasteiger partial charge in [-0.05, 0) is 24.6 Å². The summed E-state index contributed by atoms with van der Waals surface area (Å²) in [6, 6.07) is 0. The Hall–Kier alpha value is -1.31. The van der Waals surface area contributed by atoms with E-state index < -0.39 is 0 Å². The highest BCUT2D eigenvalue weighted by Crippen LogP contribution is 2.26. The molecular weight excluding hydrogens is 136 g/mol. The molecule has 2 rings (SSSR count). The second-order valence-electron chi connectivity index (χ2n) is 2.81. The van der Waals surface area contributed by atoms with Crippen molar-refractivity contribution in [1.29, 1.82) is 0 Å². The third-order valence-electron chi connectivity index (χ3n) is 1.96. The van der Waals surface area contributed by atoms with Crippen molar-refractivity contribution in [2.75, 3.05) is 0 Å². The Morgan fingerprint density at radius 2 is 2.36 bits per heavy atom. The number of hydrogen-bond donors (Lipinski definition) is 1. The lowest BCUT2D eigenvalue weighted by Crippen LogP contribution is -2.12. The van der Waals surface area contributed by atoms with E-state index in [9.17, 15) is 0 Å². The average Bonchev–Trinajstić information content (AvgIpc) is 2.04. The monoisotopic (exact) mass is 146 g/mol. The molecule has 2 heteroatoms. The Bertz CT molecular complexity index is 282. The molecule has 0 aromatic rings. The van der Waals surface area contributed by atoms with Gasteiger partial charge in [0.15, 0.2) is 0 Å². The number of fused-ring (bicyclic) bond motifs is 1. The van der Waals surface area contributed by atoms with Crippen molar-refractivity contribution in [3.05, 3.63) is 35.7 Å². The summed E-state index contributed by atoms with van der Waals surface area (Å²) in [7, 11) is 0. The SMILES string of the molecule is NC1=CC=C2N=CC=CC2C1. The summed E-state index contributed by atoms with van der Waals surface area (Å²) in [5.41, 5.74) is 7.74. The van der Waals surface area contributed by atoms with Gasteiger partial charge in [0.1, 0.15) is 0 Å². The largest absolute Gasteiger partial charge is 0.402 e. The molecule has 1 aliphatic carbocycles. The molecule has 1 aliphatic heterocycles. The highest BCUT2D eigenvalue weighted by atomic mass is 14.8. The fourth-order valence-electron chi connectivity index (χ4n) is 1.36. The fourth-order valence-corrected chi connectivity index (χ4v) is 1.36. The number of nitrogens with zero attached hydrogens (tertiary/aromatic N) is 1. The zero-order chi connectivity index (χ0) is 7.68. The zero-order valence-electron chi connectivity index (χ0n) is 6.20. The minimum atomic E-state index is 0.421. The van der Waals surface area contributed by atoms with E-state index in [0.29, 0.717) is 5.92 Å². The Kier molecular flexibility index (Phi) is 1.39. The van der Waals surface area contributed by atoms with Crippen LogP contribution in [0.3, 0.4) is 0 Å². The molecule has 1 unspecified atom stereocenters. The molecule has 0 amide bonds. The third-order valence-corrected chi connectivity index (χ3v) is 1.96. The van der Waals surface area contributed by atoms with Crippen molar-refractivity contribution < 1.29 is 0 Å². The molecule has 0 saturated heterocycles. The maximum absolute atomic E-state index is 5.67. The molecule has 0 aromatic carbocycles. The molecule has 56 valence electrons. The van der Waals surface area contributed by atoms with Crippen LogP contribution in [0.25, 0.3) is 0 Å². The van der Waals surface area contributed by atoms with Gasteiger partial charge in [-0.25, -0.2) is 0 Å². The number of rotatable bonds is 0. The number of nitrogens with two attached hydrogens (primary N) is 1. The smallest absolute Gasteiger partial charge is 0.0476 e. The van der Waals surface area contributed by atoms with E-state index in [1.165, 1.54) is 0 Å². The van der Waals surface area contributed by atoms with Gasteiger partial charge in [-0.3, -0.25) is 4.99 Å². The highest BCUT2D eigenvalue weighted by Gasteiger charge is 2.15. The fraction of sp³-hybridized carbons (Fsp3) is 0.222. The molecule has 0 radical (unpaired) electrons. The van der Waals surface area contributed by atoms with Crippen molar-refractivity contribution >= 4 is 6.21 Å². The van der Waals surface area contributed by atoms with Crippen LogP contribution in [0.2, 0.25) is 0 Å². The van der Waals surface area contributed by atoms with E-state index in [2.05, 4.69) is 11.1 Å². The van der Waals surface area contributed by atoms with Gasteiger partial charge in [-0.2, -0.15) is 0 Å². The average molecular weight is 146 g/mol. The number of dihydropyridines is 1. The van der Waals surface area contributed by atoms with Crippen LogP contribution < -0.4 is 5.73 Å². The minimum absolute atomic E-state index is 0.421. The van der Waals surface area contributed by atoms with E-state index in [-0.39, 0.29) is 0 Å². The van der Waals surface area contributed by atoms with Crippen LogP contribution >= 0.6 is 0 Å². The number of aliphatic imine (C=N–C) groups is 1. The van der Waals surface area contributed by atoms with Crippen molar-refractivity contribution in [1.82, 2.24) is 0 Å². The summed E-state index contributed by atoms with van der Waals surface area (Å²) in [4.78, 5) is 4.24. The van der Waals surface area contributed by atoms with Gasteiger partial charge in [0.05, 0.1) is 0 Å². The Labute approximate surface area is 65.8 Å². The van der Waals surface area contributed by atoms with Crippen LogP contribution in [-0.4, -0.2) is 6.21 Å². The van der Waals surface area contributed by atoms with Crippen LogP contribution in [0.15, 0.2) is 40.7 Å². The molecule has 2 N–H and O–H groups in total. The van der Waals surface area contributed by atoms with Crippen LogP contribution in [0.5, 0.6) is 0 Å². The minimum Gasteiger partial charge on any atom is -0.402 e. The Morgan fingerprint density at radius 1 is 1.45 bits per heavy atom. The summed E-state index contributed by atoms with van der Waals surface area (Å²) in [5.74, 6) is 0.421. The molecule has 2 nitrogen and oxygen atoms in total.